The van der Waals surface area contributed by atoms with E-state index in [0.717, 1.165) is 4.88 Å². The molecule has 1 N–H and O–H groups in total. The minimum absolute atomic E-state index is 0.854. The maximum absolute atomic E-state index is 7.99. The number of thiazole rings is 1. The van der Waals surface area contributed by atoms with Gasteiger partial charge in [-0.05, 0) is 0 Å². The van der Waals surface area contributed by atoms with Crippen molar-refractivity contribution < 1.29 is 5.21 Å². The Balaban J connectivity index is 2.77. The summed E-state index contributed by atoms with van der Waals surface area (Å²) in [7, 11) is 0. The standard InChI is InChI=1S/C4H4N2OS/c7-6-2-4-1-5-3-8-4/h1-3,7H. The lowest BCUT2D eigenvalue weighted by Crippen LogP contribution is -1.68. The van der Waals surface area contributed by atoms with Gasteiger partial charge in [-0.15, -0.1) is 11.3 Å². The molecule has 0 unspecified atom stereocenters. The highest BCUT2D eigenvalue weighted by Crippen LogP contribution is 1.99. The summed E-state index contributed by atoms with van der Waals surface area (Å²) in [6.07, 6.45) is 2.97. The third-order valence-corrected chi connectivity index (χ3v) is 1.35. The van der Waals surface area contributed by atoms with Crippen molar-refractivity contribution in [3.63, 3.8) is 0 Å². The molecule has 0 fully saturated rings. The van der Waals surface area contributed by atoms with Crippen molar-refractivity contribution in [1.29, 1.82) is 0 Å². The van der Waals surface area contributed by atoms with Crippen molar-refractivity contribution in [2.24, 2.45) is 5.16 Å². The first kappa shape index (κ1) is 5.24. The van der Waals surface area contributed by atoms with Crippen LogP contribution in [0.3, 0.4) is 0 Å². The molecule has 1 rings (SSSR count). The number of oxime groups is 1. The number of rotatable bonds is 1. The van der Waals surface area contributed by atoms with Crippen LogP contribution in [0.25, 0.3) is 0 Å². The minimum Gasteiger partial charge on any atom is -0.411 e. The van der Waals surface area contributed by atoms with Gasteiger partial charge in [-0.1, -0.05) is 5.16 Å². The highest BCUT2D eigenvalue weighted by atomic mass is 32.1. The first-order valence-corrected chi connectivity index (χ1v) is 2.87. The van der Waals surface area contributed by atoms with E-state index in [9.17, 15) is 0 Å². The highest BCUT2D eigenvalue weighted by molar-refractivity contribution is 7.11. The van der Waals surface area contributed by atoms with Gasteiger partial charge < -0.3 is 5.21 Å². The molecule has 1 aromatic rings. The summed E-state index contributed by atoms with van der Waals surface area (Å²) in [5.74, 6) is 0. The molecule has 8 heavy (non-hydrogen) atoms. The molecular weight excluding hydrogens is 124 g/mol. The van der Waals surface area contributed by atoms with Gasteiger partial charge in [0.25, 0.3) is 0 Å². The van der Waals surface area contributed by atoms with Crippen molar-refractivity contribution >= 4 is 17.6 Å². The summed E-state index contributed by atoms with van der Waals surface area (Å²) in [6, 6.07) is 0. The van der Waals surface area contributed by atoms with Crippen LogP contribution in [0, 0.1) is 0 Å². The van der Waals surface area contributed by atoms with E-state index in [4.69, 9.17) is 5.21 Å². The lowest BCUT2D eigenvalue weighted by Gasteiger charge is -1.71. The van der Waals surface area contributed by atoms with Gasteiger partial charge in [-0.2, -0.15) is 0 Å². The second-order valence-corrected chi connectivity index (χ2v) is 2.07. The molecule has 0 spiro atoms. The zero-order valence-corrected chi connectivity index (χ0v) is 4.80. The monoisotopic (exact) mass is 128 g/mol. The highest BCUT2D eigenvalue weighted by Gasteiger charge is 1.84. The van der Waals surface area contributed by atoms with Crippen LogP contribution in [0.5, 0.6) is 0 Å². The molecule has 0 aliphatic heterocycles. The molecule has 1 heterocycles. The van der Waals surface area contributed by atoms with E-state index < -0.39 is 0 Å². The third kappa shape index (κ3) is 1.04. The van der Waals surface area contributed by atoms with E-state index >= 15 is 0 Å². The predicted octanol–water partition coefficient (Wildman–Crippen LogP) is 0.951. The SMILES string of the molecule is ON=Cc1cncs1. The fourth-order valence-corrected chi connectivity index (χ4v) is 0.819. The van der Waals surface area contributed by atoms with E-state index in [0.29, 0.717) is 0 Å². The molecule has 0 bridgehead atoms. The van der Waals surface area contributed by atoms with E-state index in [1.165, 1.54) is 17.6 Å². The van der Waals surface area contributed by atoms with Crippen molar-refractivity contribution in [3.05, 3.63) is 16.6 Å². The Morgan fingerprint density at radius 3 is 3.25 bits per heavy atom. The Morgan fingerprint density at radius 1 is 1.88 bits per heavy atom. The molecule has 1 aromatic heterocycles. The predicted molar refractivity (Wildman–Crippen MR) is 31.5 cm³/mol. The zero-order chi connectivity index (χ0) is 5.82. The lowest BCUT2D eigenvalue weighted by atomic mass is 10.6. The molecule has 0 aliphatic carbocycles. The van der Waals surface area contributed by atoms with E-state index in [2.05, 4.69) is 10.1 Å². The van der Waals surface area contributed by atoms with Gasteiger partial charge in [0, 0.05) is 6.20 Å². The van der Waals surface area contributed by atoms with Crippen LogP contribution in [-0.2, 0) is 0 Å². The number of hydrogen-bond acceptors (Lipinski definition) is 4. The van der Waals surface area contributed by atoms with Gasteiger partial charge in [-0.3, -0.25) is 4.98 Å². The van der Waals surface area contributed by atoms with Gasteiger partial charge in [-0.25, -0.2) is 0 Å². The molecule has 42 valence electrons. The van der Waals surface area contributed by atoms with Crippen LogP contribution in [0.15, 0.2) is 16.9 Å². The van der Waals surface area contributed by atoms with Gasteiger partial charge in [0.15, 0.2) is 0 Å². The zero-order valence-electron chi connectivity index (χ0n) is 3.98. The Morgan fingerprint density at radius 2 is 2.75 bits per heavy atom. The van der Waals surface area contributed by atoms with Gasteiger partial charge in [0.1, 0.15) is 0 Å². The summed E-state index contributed by atoms with van der Waals surface area (Å²) in [5, 5.41) is 10.8. The average Bonchev–Trinajstić information content (AvgIpc) is 2.19. The van der Waals surface area contributed by atoms with Crippen LogP contribution in [0.4, 0.5) is 0 Å². The van der Waals surface area contributed by atoms with Crippen molar-refractivity contribution in [2.45, 2.75) is 0 Å². The van der Waals surface area contributed by atoms with Gasteiger partial charge in [0.2, 0.25) is 0 Å². The number of nitrogens with zero attached hydrogens (tertiary/aromatic N) is 2. The summed E-state index contributed by atoms with van der Waals surface area (Å²) in [6.45, 7) is 0. The molecule has 0 atom stereocenters. The maximum Gasteiger partial charge on any atom is 0.0849 e. The second-order valence-electron chi connectivity index (χ2n) is 1.15. The minimum atomic E-state index is 0.854. The molecule has 0 aromatic carbocycles. The average molecular weight is 128 g/mol. The first-order valence-electron chi connectivity index (χ1n) is 1.99. The molecule has 0 saturated heterocycles. The van der Waals surface area contributed by atoms with Crippen LogP contribution >= 0.6 is 11.3 Å². The Hall–Kier alpha value is -0.900. The first-order chi connectivity index (χ1) is 3.93. The quantitative estimate of drug-likeness (QED) is 0.347. The Kier molecular flexibility index (Phi) is 1.58. The lowest BCUT2D eigenvalue weighted by molar-refractivity contribution is 0.322. The Labute approximate surface area is 50.3 Å². The van der Waals surface area contributed by atoms with Gasteiger partial charge >= 0.3 is 0 Å². The van der Waals surface area contributed by atoms with Crippen molar-refractivity contribution in [3.8, 4) is 0 Å². The summed E-state index contributed by atoms with van der Waals surface area (Å²) >= 11 is 1.43. The molecule has 0 radical (unpaired) electrons. The van der Waals surface area contributed by atoms with Crippen LogP contribution in [0.2, 0.25) is 0 Å². The van der Waals surface area contributed by atoms with Crippen molar-refractivity contribution in [2.75, 3.05) is 0 Å². The molecule has 0 aliphatic rings. The van der Waals surface area contributed by atoms with Crippen molar-refractivity contribution in [1.82, 2.24) is 4.98 Å². The fourth-order valence-electron chi connectivity index (χ4n) is 0.346. The summed E-state index contributed by atoms with van der Waals surface area (Å²) in [4.78, 5) is 4.61. The maximum atomic E-state index is 7.99. The normalized spacial score (nSPS) is 10.5. The number of aromatic nitrogens is 1. The fraction of sp³-hybridized carbons (Fsp3) is 0. The van der Waals surface area contributed by atoms with E-state index in [1.807, 2.05) is 0 Å². The number of hydrogen-bond donors (Lipinski definition) is 1. The van der Waals surface area contributed by atoms with Gasteiger partial charge in [0.05, 0.1) is 16.6 Å². The largest absolute Gasteiger partial charge is 0.411 e. The Bertz CT molecular complexity index is 170. The molecule has 3 nitrogen and oxygen atoms in total. The second kappa shape index (κ2) is 2.42. The van der Waals surface area contributed by atoms with E-state index in [1.54, 1.807) is 11.7 Å². The molecule has 0 amide bonds. The van der Waals surface area contributed by atoms with Crippen LogP contribution in [0.1, 0.15) is 4.88 Å². The topological polar surface area (TPSA) is 45.5 Å². The molecule has 0 saturated carbocycles. The van der Waals surface area contributed by atoms with Crippen LogP contribution in [-0.4, -0.2) is 16.4 Å². The smallest absolute Gasteiger partial charge is 0.0849 e. The third-order valence-electron chi connectivity index (χ3n) is 0.636. The summed E-state index contributed by atoms with van der Waals surface area (Å²) in [5.41, 5.74) is 1.68. The molecule has 4 heteroatoms. The molecular formula is C4H4N2OS. The van der Waals surface area contributed by atoms with E-state index in [-0.39, 0.29) is 0 Å². The summed E-state index contributed by atoms with van der Waals surface area (Å²) < 4.78 is 0. The van der Waals surface area contributed by atoms with Crippen LogP contribution < -0.4 is 0 Å².